The standard InChI is InChI=1S/C18H24N2O2/c19-17(13-21-11-15-7-3-1-4-8-15)18(20)14-22-12-16-9-5-2-6-10-16/h1-10,17-18H,11-14,19-20H2/t17-,18-/m1/s1. The lowest BCUT2D eigenvalue weighted by Crippen LogP contribution is -2.47. The highest BCUT2D eigenvalue weighted by atomic mass is 16.5. The van der Waals surface area contributed by atoms with E-state index in [9.17, 15) is 0 Å². The van der Waals surface area contributed by atoms with Crippen LogP contribution in [0.15, 0.2) is 60.7 Å². The quantitative estimate of drug-likeness (QED) is 0.744. The van der Waals surface area contributed by atoms with Crippen LogP contribution in [-0.2, 0) is 22.7 Å². The Morgan fingerprint density at radius 1 is 0.636 bits per heavy atom. The number of benzene rings is 2. The van der Waals surface area contributed by atoms with Crippen LogP contribution in [0.25, 0.3) is 0 Å². The molecule has 118 valence electrons. The topological polar surface area (TPSA) is 70.5 Å². The molecule has 2 aromatic rings. The number of hydrogen-bond acceptors (Lipinski definition) is 4. The van der Waals surface area contributed by atoms with Crippen molar-refractivity contribution in [3.8, 4) is 0 Å². The van der Waals surface area contributed by atoms with E-state index in [1.165, 1.54) is 0 Å². The third kappa shape index (κ3) is 5.95. The lowest BCUT2D eigenvalue weighted by atomic mass is 10.1. The molecule has 22 heavy (non-hydrogen) atoms. The second-order valence-corrected chi connectivity index (χ2v) is 5.33. The molecule has 0 aliphatic heterocycles. The third-order valence-electron chi connectivity index (χ3n) is 3.39. The smallest absolute Gasteiger partial charge is 0.0717 e. The Hall–Kier alpha value is -1.72. The summed E-state index contributed by atoms with van der Waals surface area (Å²) in [5.41, 5.74) is 14.3. The van der Waals surface area contributed by atoms with Gasteiger partial charge in [0.1, 0.15) is 0 Å². The largest absolute Gasteiger partial charge is 0.375 e. The normalized spacial score (nSPS) is 13.7. The fourth-order valence-electron chi connectivity index (χ4n) is 2.02. The Kier molecular flexibility index (Phi) is 7.06. The van der Waals surface area contributed by atoms with Crippen LogP contribution in [0.5, 0.6) is 0 Å². The van der Waals surface area contributed by atoms with Crippen molar-refractivity contribution in [2.75, 3.05) is 13.2 Å². The first-order valence-corrected chi connectivity index (χ1v) is 7.50. The van der Waals surface area contributed by atoms with Crippen LogP contribution in [0.1, 0.15) is 11.1 Å². The van der Waals surface area contributed by atoms with E-state index < -0.39 is 0 Å². The summed E-state index contributed by atoms with van der Waals surface area (Å²) in [6.07, 6.45) is 0. The molecule has 0 aliphatic carbocycles. The van der Waals surface area contributed by atoms with E-state index in [1.54, 1.807) is 0 Å². The van der Waals surface area contributed by atoms with E-state index in [0.29, 0.717) is 26.4 Å². The Bertz CT molecular complexity index is 470. The second kappa shape index (κ2) is 9.33. The fraction of sp³-hybridized carbons (Fsp3) is 0.333. The molecule has 2 aromatic carbocycles. The van der Waals surface area contributed by atoms with Crippen LogP contribution in [0, 0.1) is 0 Å². The molecular weight excluding hydrogens is 276 g/mol. The van der Waals surface area contributed by atoms with Crippen molar-refractivity contribution in [3.05, 3.63) is 71.8 Å². The molecule has 2 atom stereocenters. The SMILES string of the molecule is N[C@H](COCc1ccccc1)[C@H](N)COCc1ccccc1. The monoisotopic (exact) mass is 300 g/mol. The maximum atomic E-state index is 6.03. The van der Waals surface area contributed by atoms with Gasteiger partial charge < -0.3 is 20.9 Å². The van der Waals surface area contributed by atoms with Crippen LogP contribution in [0.4, 0.5) is 0 Å². The van der Waals surface area contributed by atoms with Crippen LogP contribution >= 0.6 is 0 Å². The number of ether oxygens (including phenoxy) is 2. The summed E-state index contributed by atoms with van der Waals surface area (Å²) in [6, 6.07) is 19.5. The molecule has 0 aliphatic rings. The van der Waals surface area contributed by atoms with Crippen LogP contribution in [0.2, 0.25) is 0 Å². The molecule has 0 radical (unpaired) electrons. The predicted octanol–water partition coefficient (Wildman–Crippen LogP) is 2.07. The molecule has 4 N–H and O–H groups in total. The molecule has 0 spiro atoms. The van der Waals surface area contributed by atoms with Crippen molar-refractivity contribution in [1.29, 1.82) is 0 Å². The lowest BCUT2D eigenvalue weighted by Gasteiger charge is -2.20. The van der Waals surface area contributed by atoms with Gasteiger partial charge in [0, 0.05) is 12.1 Å². The first-order valence-electron chi connectivity index (χ1n) is 7.50. The Labute approximate surface area is 132 Å². The minimum absolute atomic E-state index is 0.237. The zero-order chi connectivity index (χ0) is 15.6. The van der Waals surface area contributed by atoms with Crippen molar-refractivity contribution in [1.82, 2.24) is 0 Å². The maximum Gasteiger partial charge on any atom is 0.0717 e. The highest BCUT2D eigenvalue weighted by Crippen LogP contribution is 2.03. The van der Waals surface area contributed by atoms with E-state index in [-0.39, 0.29) is 12.1 Å². The first kappa shape index (κ1) is 16.6. The molecule has 0 saturated heterocycles. The summed E-state index contributed by atoms with van der Waals surface area (Å²) >= 11 is 0. The summed E-state index contributed by atoms with van der Waals surface area (Å²) in [5.74, 6) is 0. The van der Waals surface area contributed by atoms with Gasteiger partial charge in [-0.2, -0.15) is 0 Å². The summed E-state index contributed by atoms with van der Waals surface area (Å²) in [6.45, 7) is 1.94. The van der Waals surface area contributed by atoms with Gasteiger partial charge in [-0.05, 0) is 11.1 Å². The molecule has 0 saturated carbocycles. The number of rotatable bonds is 9. The van der Waals surface area contributed by atoms with Gasteiger partial charge in [-0.15, -0.1) is 0 Å². The zero-order valence-corrected chi connectivity index (χ0v) is 12.7. The van der Waals surface area contributed by atoms with Crippen LogP contribution in [0.3, 0.4) is 0 Å². The van der Waals surface area contributed by atoms with Crippen molar-refractivity contribution in [2.45, 2.75) is 25.3 Å². The van der Waals surface area contributed by atoms with E-state index in [4.69, 9.17) is 20.9 Å². The zero-order valence-electron chi connectivity index (χ0n) is 12.7. The predicted molar refractivity (Wildman–Crippen MR) is 88.1 cm³/mol. The van der Waals surface area contributed by atoms with Crippen molar-refractivity contribution in [2.24, 2.45) is 11.5 Å². The minimum atomic E-state index is -0.237. The van der Waals surface area contributed by atoms with E-state index >= 15 is 0 Å². The highest BCUT2D eigenvalue weighted by Gasteiger charge is 2.13. The van der Waals surface area contributed by atoms with Gasteiger partial charge in [0.05, 0.1) is 26.4 Å². The first-order chi connectivity index (χ1) is 10.8. The van der Waals surface area contributed by atoms with Gasteiger partial charge in [0.15, 0.2) is 0 Å². The molecule has 0 amide bonds. The minimum Gasteiger partial charge on any atom is -0.375 e. The fourth-order valence-corrected chi connectivity index (χ4v) is 2.02. The van der Waals surface area contributed by atoms with Gasteiger partial charge in [0.2, 0.25) is 0 Å². The molecule has 4 nitrogen and oxygen atoms in total. The molecule has 0 aromatic heterocycles. The average Bonchev–Trinajstić information content (AvgIpc) is 2.56. The maximum absolute atomic E-state index is 6.03. The summed E-state index contributed by atoms with van der Waals surface area (Å²) in [5, 5.41) is 0. The number of hydrogen-bond donors (Lipinski definition) is 2. The second-order valence-electron chi connectivity index (χ2n) is 5.33. The average molecular weight is 300 g/mol. The third-order valence-corrected chi connectivity index (χ3v) is 3.39. The van der Waals surface area contributed by atoms with Crippen molar-refractivity contribution in [3.63, 3.8) is 0 Å². The van der Waals surface area contributed by atoms with Gasteiger partial charge in [-0.3, -0.25) is 0 Å². The Morgan fingerprint density at radius 2 is 1.00 bits per heavy atom. The Morgan fingerprint density at radius 3 is 1.36 bits per heavy atom. The van der Waals surface area contributed by atoms with E-state index in [2.05, 4.69) is 0 Å². The highest BCUT2D eigenvalue weighted by molar-refractivity contribution is 5.14. The van der Waals surface area contributed by atoms with Gasteiger partial charge in [-0.25, -0.2) is 0 Å². The van der Waals surface area contributed by atoms with Crippen LogP contribution < -0.4 is 11.5 Å². The Balaban J connectivity index is 1.61. The summed E-state index contributed by atoms with van der Waals surface area (Å²) < 4.78 is 11.2. The van der Waals surface area contributed by atoms with E-state index in [0.717, 1.165) is 11.1 Å². The molecule has 2 rings (SSSR count). The molecule has 0 heterocycles. The number of nitrogens with two attached hydrogens (primary N) is 2. The lowest BCUT2D eigenvalue weighted by molar-refractivity contribution is 0.0683. The van der Waals surface area contributed by atoms with Crippen LogP contribution in [-0.4, -0.2) is 25.3 Å². The van der Waals surface area contributed by atoms with Gasteiger partial charge in [0.25, 0.3) is 0 Å². The molecular formula is C18H24N2O2. The molecule has 0 unspecified atom stereocenters. The van der Waals surface area contributed by atoms with Crippen molar-refractivity contribution >= 4 is 0 Å². The molecule has 4 heteroatoms. The van der Waals surface area contributed by atoms with E-state index in [1.807, 2.05) is 60.7 Å². The molecule has 0 fully saturated rings. The summed E-state index contributed by atoms with van der Waals surface area (Å²) in [7, 11) is 0. The van der Waals surface area contributed by atoms with Gasteiger partial charge >= 0.3 is 0 Å². The summed E-state index contributed by atoms with van der Waals surface area (Å²) in [4.78, 5) is 0. The molecule has 0 bridgehead atoms. The van der Waals surface area contributed by atoms with Crippen molar-refractivity contribution < 1.29 is 9.47 Å². The van der Waals surface area contributed by atoms with Gasteiger partial charge in [-0.1, -0.05) is 60.7 Å².